The van der Waals surface area contributed by atoms with Gasteiger partial charge in [-0.15, -0.1) is 0 Å². The van der Waals surface area contributed by atoms with Gasteiger partial charge >= 0.3 is 15.7 Å². The fourth-order valence-electron chi connectivity index (χ4n) is 0.566. The number of nitrogens with two attached hydrogens (primary N) is 1. The van der Waals surface area contributed by atoms with Crippen molar-refractivity contribution >= 4 is 21.7 Å². The predicted molar refractivity (Wildman–Crippen MR) is 44.9 cm³/mol. The van der Waals surface area contributed by atoms with Crippen LogP contribution in [0.1, 0.15) is 12.8 Å². The quantitative estimate of drug-likeness (QED) is 0.291. The second kappa shape index (κ2) is 6.48. The molecular weight excluding hydrogens is 210 g/mol. The molecule has 0 rings (SSSR count). The minimum atomic E-state index is -1.69. The van der Waals surface area contributed by atoms with Crippen LogP contribution in [0.5, 0.6) is 0 Å². The van der Waals surface area contributed by atoms with Gasteiger partial charge in [0.15, 0.2) is 5.91 Å². The molecule has 7 nitrogen and oxygen atoms in total. The van der Waals surface area contributed by atoms with Crippen molar-refractivity contribution < 1.29 is 29.3 Å². The molecule has 1 atom stereocenters. The summed E-state index contributed by atoms with van der Waals surface area (Å²) in [5.41, 5.74) is 5.12. The highest BCUT2D eigenvalue weighted by Gasteiger charge is 2.15. The molecule has 2 radical (unpaired) electrons. The Morgan fingerprint density at radius 2 is 2.00 bits per heavy atom. The highest BCUT2D eigenvalue weighted by atomic mass is 28.2. The smallest absolute Gasteiger partial charge is 0.379 e. The molecule has 0 spiro atoms. The topological polar surface area (TPSA) is 130 Å². The summed E-state index contributed by atoms with van der Waals surface area (Å²) in [6.45, 7) is 0. The third kappa shape index (κ3) is 6.54. The summed E-state index contributed by atoms with van der Waals surface area (Å²) >= 11 is 0. The van der Waals surface area contributed by atoms with E-state index in [0.717, 1.165) is 0 Å². The zero-order chi connectivity index (χ0) is 11.1. The minimum absolute atomic E-state index is 0.0415. The lowest BCUT2D eigenvalue weighted by molar-refractivity contribution is -0.139. The number of hydrogen-bond acceptors (Lipinski definition) is 6. The molecule has 0 aromatic carbocycles. The van der Waals surface area contributed by atoms with Crippen LogP contribution >= 0.6 is 0 Å². The minimum Gasteiger partial charge on any atom is -0.511 e. The molecule has 0 aromatic heterocycles. The van der Waals surface area contributed by atoms with E-state index in [1.165, 1.54) is 0 Å². The molecule has 0 saturated heterocycles. The van der Waals surface area contributed by atoms with Gasteiger partial charge in [0.25, 0.3) is 5.97 Å². The maximum atomic E-state index is 10.8. The number of aliphatic hydroxyl groups is 2. The molecule has 0 aliphatic rings. The summed E-state index contributed by atoms with van der Waals surface area (Å²) in [5.74, 6) is -3.58. The number of carboxylic acids is 1. The van der Waals surface area contributed by atoms with Crippen molar-refractivity contribution in [3.63, 3.8) is 0 Å². The van der Waals surface area contributed by atoms with Crippen LogP contribution in [-0.2, 0) is 14.0 Å². The first-order valence-corrected chi connectivity index (χ1v) is 4.71. The number of rotatable bonds is 6. The predicted octanol–water partition coefficient (Wildman–Crippen LogP) is -2.39. The molecule has 0 aromatic rings. The summed E-state index contributed by atoms with van der Waals surface area (Å²) in [6, 6.07) is -1.11. The number of aliphatic hydroxyl groups excluding tert-OH is 1. The van der Waals surface area contributed by atoms with Crippen molar-refractivity contribution in [2.24, 2.45) is 5.73 Å². The summed E-state index contributed by atoms with van der Waals surface area (Å²) < 4.78 is 4.37. The fourth-order valence-corrected chi connectivity index (χ4v) is 0.905. The second-order valence-electron chi connectivity index (χ2n) is 2.45. The van der Waals surface area contributed by atoms with E-state index in [-0.39, 0.29) is 12.8 Å². The van der Waals surface area contributed by atoms with Gasteiger partial charge in [0.1, 0.15) is 6.04 Å². The van der Waals surface area contributed by atoms with E-state index in [9.17, 15) is 9.59 Å². The van der Waals surface area contributed by atoms with Gasteiger partial charge < -0.3 is 25.5 Å². The first kappa shape index (κ1) is 13.0. The molecule has 0 unspecified atom stereocenters. The Labute approximate surface area is 82.4 Å². The van der Waals surface area contributed by atoms with Crippen molar-refractivity contribution in [2.45, 2.75) is 24.8 Å². The van der Waals surface area contributed by atoms with E-state index in [0.29, 0.717) is 0 Å². The van der Waals surface area contributed by atoms with Gasteiger partial charge in [-0.2, -0.15) is 0 Å². The molecule has 0 fully saturated rings. The van der Waals surface area contributed by atoms with Crippen molar-refractivity contribution in [1.29, 1.82) is 0 Å². The van der Waals surface area contributed by atoms with Gasteiger partial charge in [-0.05, 0) is 6.42 Å². The third-order valence-corrected chi connectivity index (χ3v) is 1.81. The van der Waals surface area contributed by atoms with E-state index in [4.69, 9.17) is 21.1 Å². The van der Waals surface area contributed by atoms with Crippen molar-refractivity contribution in [3.05, 3.63) is 0 Å². The summed E-state index contributed by atoms with van der Waals surface area (Å²) in [4.78, 5) is 21.0. The first-order valence-electron chi connectivity index (χ1n) is 3.73. The molecule has 0 heterocycles. The standard InChI is InChI=1S/C6H11NO6Si/c7-3(5(9)10)1-2-4(8)13-14-6(11)12/h3,6,11-12H,1-2,7H2,(H,9,10)/t3-/m0/s1. The maximum absolute atomic E-state index is 10.8. The van der Waals surface area contributed by atoms with Crippen LogP contribution in [0.15, 0.2) is 0 Å². The van der Waals surface area contributed by atoms with E-state index >= 15 is 0 Å². The van der Waals surface area contributed by atoms with Gasteiger partial charge in [-0.3, -0.25) is 9.59 Å². The highest BCUT2D eigenvalue weighted by Crippen LogP contribution is 1.97. The number of carbonyl (C=O) groups excluding carboxylic acids is 1. The van der Waals surface area contributed by atoms with Crippen molar-refractivity contribution in [1.82, 2.24) is 0 Å². The molecule has 0 aliphatic heterocycles. The highest BCUT2D eigenvalue weighted by molar-refractivity contribution is 6.31. The van der Waals surface area contributed by atoms with Crippen molar-refractivity contribution in [3.8, 4) is 0 Å². The number of carboxylic acid groups (broad SMARTS) is 1. The number of carbonyl (C=O) groups is 2. The fraction of sp³-hybridized carbons (Fsp3) is 0.667. The average Bonchev–Trinajstić information content (AvgIpc) is 2.10. The lowest BCUT2D eigenvalue weighted by atomic mass is 10.2. The second-order valence-corrected chi connectivity index (χ2v) is 3.41. The largest absolute Gasteiger partial charge is 0.511 e. The molecule has 80 valence electrons. The van der Waals surface area contributed by atoms with Gasteiger partial charge in [0.2, 0.25) is 0 Å². The van der Waals surface area contributed by atoms with Gasteiger partial charge in [0.05, 0.1) is 0 Å². The summed E-state index contributed by atoms with van der Waals surface area (Å²) in [5, 5.41) is 25.0. The molecule has 0 amide bonds. The number of hydrogen-bond donors (Lipinski definition) is 4. The maximum Gasteiger partial charge on any atom is 0.379 e. The third-order valence-electron chi connectivity index (χ3n) is 1.25. The average molecular weight is 221 g/mol. The van der Waals surface area contributed by atoms with Crippen LogP contribution in [-0.4, -0.2) is 49.0 Å². The first-order chi connectivity index (χ1) is 6.43. The zero-order valence-corrected chi connectivity index (χ0v) is 8.21. The Balaban J connectivity index is 3.59. The summed E-state index contributed by atoms with van der Waals surface area (Å²) in [6.07, 6.45) is -0.201. The molecule has 8 heteroatoms. The molecular formula is C6H11NO6Si. The van der Waals surface area contributed by atoms with Crippen LogP contribution in [0.2, 0.25) is 0 Å². The molecule has 0 bridgehead atoms. The lowest BCUT2D eigenvalue weighted by Crippen LogP contribution is -2.31. The van der Waals surface area contributed by atoms with Gasteiger partial charge in [0, 0.05) is 6.42 Å². The van der Waals surface area contributed by atoms with Gasteiger partial charge in [-0.1, -0.05) is 0 Å². The monoisotopic (exact) mass is 221 g/mol. The van der Waals surface area contributed by atoms with E-state index in [1.807, 2.05) is 0 Å². The Morgan fingerprint density at radius 1 is 1.43 bits per heavy atom. The van der Waals surface area contributed by atoms with Crippen LogP contribution < -0.4 is 5.73 Å². The SMILES string of the molecule is N[C@@H](CCC(=O)O[Si]C(O)O)C(=O)O. The number of aliphatic carboxylic acids is 1. The van der Waals surface area contributed by atoms with E-state index < -0.39 is 33.7 Å². The lowest BCUT2D eigenvalue weighted by Gasteiger charge is -2.06. The Hall–Kier alpha value is -0.963. The van der Waals surface area contributed by atoms with Gasteiger partial charge in [-0.25, -0.2) is 0 Å². The Kier molecular flexibility index (Phi) is 6.04. The zero-order valence-electron chi connectivity index (χ0n) is 7.21. The molecule has 0 aliphatic carbocycles. The Bertz CT molecular complexity index is 208. The van der Waals surface area contributed by atoms with Crippen LogP contribution in [0.25, 0.3) is 0 Å². The van der Waals surface area contributed by atoms with Crippen molar-refractivity contribution in [2.75, 3.05) is 0 Å². The normalized spacial score (nSPS) is 12.6. The van der Waals surface area contributed by atoms with Crippen LogP contribution in [0.3, 0.4) is 0 Å². The van der Waals surface area contributed by atoms with Crippen LogP contribution in [0.4, 0.5) is 0 Å². The molecule has 14 heavy (non-hydrogen) atoms. The van der Waals surface area contributed by atoms with E-state index in [1.54, 1.807) is 0 Å². The van der Waals surface area contributed by atoms with Crippen LogP contribution in [0, 0.1) is 0 Å². The molecule has 0 saturated carbocycles. The Morgan fingerprint density at radius 3 is 2.43 bits per heavy atom. The summed E-state index contributed by atoms with van der Waals surface area (Å²) in [7, 11) is -0.760. The van der Waals surface area contributed by atoms with E-state index in [2.05, 4.69) is 4.43 Å². The molecule has 5 N–H and O–H groups in total.